The first-order chi connectivity index (χ1) is 9.06. The van der Waals surface area contributed by atoms with E-state index >= 15 is 0 Å². The van der Waals surface area contributed by atoms with Gasteiger partial charge >= 0.3 is 0 Å². The molecule has 1 aliphatic carbocycles. The van der Waals surface area contributed by atoms with Crippen molar-refractivity contribution in [3.63, 3.8) is 0 Å². The minimum Gasteiger partial charge on any atom is -0.459 e. The van der Waals surface area contributed by atoms with Gasteiger partial charge in [0.25, 0.3) is 0 Å². The van der Waals surface area contributed by atoms with Crippen LogP contribution in [0.3, 0.4) is 0 Å². The quantitative estimate of drug-likeness (QED) is 0.876. The van der Waals surface area contributed by atoms with Crippen LogP contribution in [0, 0.1) is 13.8 Å². The summed E-state index contributed by atoms with van der Waals surface area (Å²) in [6.45, 7) is 9.69. The first-order valence-corrected chi connectivity index (χ1v) is 7.32. The molecule has 1 N–H and O–H groups in total. The Balaban J connectivity index is 2.05. The summed E-state index contributed by atoms with van der Waals surface area (Å²) < 4.78 is 6.11. The Bertz CT molecular complexity index is 605. The van der Waals surface area contributed by atoms with Crippen LogP contribution in [0.2, 0.25) is 0 Å². The monoisotopic (exact) mass is 257 g/mol. The summed E-state index contributed by atoms with van der Waals surface area (Å²) >= 11 is 0. The summed E-state index contributed by atoms with van der Waals surface area (Å²) in [6, 6.07) is 5.18. The standard InChI is InChI=1S/C17H23NO/c1-10(2)17-14-7-11(3)12(4)8-15(14)19-16(17)9-18-13-5-6-13/h7-8,10,13,18H,5-6,9H2,1-4H3. The number of rotatable bonds is 4. The zero-order chi connectivity index (χ0) is 13.6. The minimum atomic E-state index is 0.499. The number of hydrogen-bond acceptors (Lipinski definition) is 2. The molecule has 0 saturated heterocycles. The Morgan fingerprint density at radius 3 is 2.53 bits per heavy atom. The molecule has 1 aromatic carbocycles. The van der Waals surface area contributed by atoms with Gasteiger partial charge in [-0.2, -0.15) is 0 Å². The number of benzene rings is 1. The van der Waals surface area contributed by atoms with Gasteiger partial charge in [0.05, 0.1) is 6.54 Å². The van der Waals surface area contributed by atoms with Crippen molar-refractivity contribution in [1.29, 1.82) is 0 Å². The van der Waals surface area contributed by atoms with Crippen molar-refractivity contribution >= 4 is 11.0 Å². The third-order valence-electron chi connectivity index (χ3n) is 4.13. The summed E-state index contributed by atoms with van der Waals surface area (Å²) in [5.74, 6) is 1.63. The van der Waals surface area contributed by atoms with Crippen molar-refractivity contribution in [2.75, 3.05) is 0 Å². The lowest BCUT2D eigenvalue weighted by molar-refractivity contribution is 0.503. The smallest absolute Gasteiger partial charge is 0.134 e. The molecule has 2 heteroatoms. The molecule has 0 amide bonds. The van der Waals surface area contributed by atoms with Crippen LogP contribution in [0.15, 0.2) is 16.5 Å². The molecule has 2 aromatic rings. The van der Waals surface area contributed by atoms with Gasteiger partial charge in [-0.15, -0.1) is 0 Å². The topological polar surface area (TPSA) is 25.2 Å². The minimum absolute atomic E-state index is 0.499. The van der Waals surface area contributed by atoms with Gasteiger partial charge < -0.3 is 9.73 Å². The second-order valence-electron chi connectivity index (χ2n) is 6.18. The van der Waals surface area contributed by atoms with Crippen molar-refractivity contribution in [2.24, 2.45) is 0 Å². The summed E-state index contributed by atoms with van der Waals surface area (Å²) in [7, 11) is 0. The molecule has 0 atom stereocenters. The van der Waals surface area contributed by atoms with Crippen LogP contribution in [0.5, 0.6) is 0 Å². The van der Waals surface area contributed by atoms with E-state index in [-0.39, 0.29) is 0 Å². The second kappa shape index (κ2) is 4.68. The molecular formula is C17H23NO. The SMILES string of the molecule is Cc1cc2oc(CNC3CC3)c(C(C)C)c2cc1C. The zero-order valence-corrected chi connectivity index (χ0v) is 12.3. The van der Waals surface area contributed by atoms with Crippen LogP contribution in [0.1, 0.15) is 55.1 Å². The first-order valence-electron chi connectivity index (χ1n) is 7.32. The van der Waals surface area contributed by atoms with Crippen molar-refractivity contribution in [3.8, 4) is 0 Å². The molecular weight excluding hydrogens is 234 g/mol. The Morgan fingerprint density at radius 1 is 1.21 bits per heavy atom. The van der Waals surface area contributed by atoms with Gasteiger partial charge in [-0.3, -0.25) is 0 Å². The summed E-state index contributed by atoms with van der Waals surface area (Å²) in [5, 5.41) is 4.86. The molecule has 19 heavy (non-hydrogen) atoms. The van der Waals surface area contributed by atoms with Crippen molar-refractivity contribution in [3.05, 3.63) is 34.6 Å². The molecule has 1 aliphatic rings. The fourth-order valence-corrected chi connectivity index (χ4v) is 2.71. The van der Waals surface area contributed by atoms with Crippen LogP contribution < -0.4 is 5.32 Å². The van der Waals surface area contributed by atoms with Gasteiger partial charge in [-0.05, 0) is 55.9 Å². The highest BCUT2D eigenvalue weighted by Gasteiger charge is 2.23. The van der Waals surface area contributed by atoms with Crippen LogP contribution in [-0.4, -0.2) is 6.04 Å². The molecule has 0 aliphatic heterocycles. The molecule has 3 rings (SSSR count). The third kappa shape index (κ3) is 2.42. The van der Waals surface area contributed by atoms with Gasteiger partial charge in [0.2, 0.25) is 0 Å². The van der Waals surface area contributed by atoms with Gasteiger partial charge in [0.15, 0.2) is 0 Å². The van der Waals surface area contributed by atoms with E-state index in [2.05, 4.69) is 45.1 Å². The van der Waals surface area contributed by atoms with Gasteiger partial charge in [-0.1, -0.05) is 13.8 Å². The molecule has 1 heterocycles. The number of nitrogens with one attached hydrogen (secondary N) is 1. The molecule has 0 spiro atoms. The highest BCUT2D eigenvalue weighted by atomic mass is 16.3. The maximum Gasteiger partial charge on any atom is 0.134 e. The maximum absolute atomic E-state index is 6.11. The predicted octanol–water partition coefficient (Wildman–Crippen LogP) is 4.43. The predicted molar refractivity (Wildman–Crippen MR) is 79.6 cm³/mol. The lowest BCUT2D eigenvalue weighted by Crippen LogP contribution is -2.15. The van der Waals surface area contributed by atoms with Crippen molar-refractivity contribution < 1.29 is 4.42 Å². The van der Waals surface area contributed by atoms with Crippen LogP contribution >= 0.6 is 0 Å². The Hall–Kier alpha value is -1.28. The Kier molecular flexibility index (Phi) is 3.14. The van der Waals surface area contributed by atoms with E-state index in [1.807, 2.05) is 0 Å². The Morgan fingerprint density at radius 2 is 1.89 bits per heavy atom. The number of furan rings is 1. The molecule has 1 aromatic heterocycles. The van der Waals surface area contributed by atoms with Crippen molar-refractivity contribution in [1.82, 2.24) is 5.32 Å². The summed E-state index contributed by atoms with van der Waals surface area (Å²) in [5.41, 5.74) is 5.07. The summed E-state index contributed by atoms with van der Waals surface area (Å²) in [4.78, 5) is 0. The zero-order valence-electron chi connectivity index (χ0n) is 12.3. The van der Waals surface area contributed by atoms with Gasteiger partial charge in [0, 0.05) is 17.0 Å². The molecule has 1 fully saturated rings. The molecule has 102 valence electrons. The van der Waals surface area contributed by atoms with Crippen molar-refractivity contribution in [2.45, 2.75) is 59.0 Å². The normalized spacial score (nSPS) is 15.6. The molecule has 0 radical (unpaired) electrons. The number of hydrogen-bond donors (Lipinski definition) is 1. The van der Waals surface area contributed by atoms with E-state index in [1.165, 1.54) is 34.9 Å². The van der Waals surface area contributed by atoms with Crippen LogP contribution in [0.4, 0.5) is 0 Å². The van der Waals surface area contributed by atoms with Crippen LogP contribution in [-0.2, 0) is 6.54 Å². The second-order valence-corrected chi connectivity index (χ2v) is 6.18. The summed E-state index contributed by atoms with van der Waals surface area (Å²) in [6.07, 6.45) is 2.63. The average molecular weight is 257 g/mol. The molecule has 1 saturated carbocycles. The lowest BCUT2D eigenvalue weighted by atomic mass is 9.97. The van der Waals surface area contributed by atoms with E-state index < -0.39 is 0 Å². The fourth-order valence-electron chi connectivity index (χ4n) is 2.71. The first kappa shape index (κ1) is 12.7. The third-order valence-corrected chi connectivity index (χ3v) is 4.13. The maximum atomic E-state index is 6.11. The Labute approximate surface area is 115 Å². The highest BCUT2D eigenvalue weighted by Crippen LogP contribution is 2.34. The molecule has 2 nitrogen and oxygen atoms in total. The largest absolute Gasteiger partial charge is 0.459 e. The van der Waals surface area contributed by atoms with E-state index in [0.717, 1.165) is 23.9 Å². The molecule has 0 bridgehead atoms. The van der Waals surface area contributed by atoms with Crippen LogP contribution in [0.25, 0.3) is 11.0 Å². The fraction of sp³-hybridized carbons (Fsp3) is 0.529. The average Bonchev–Trinajstić information content (AvgIpc) is 3.10. The lowest BCUT2D eigenvalue weighted by Gasteiger charge is -2.07. The van der Waals surface area contributed by atoms with E-state index in [0.29, 0.717) is 5.92 Å². The van der Waals surface area contributed by atoms with E-state index in [4.69, 9.17) is 4.42 Å². The van der Waals surface area contributed by atoms with Gasteiger partial charge in [-0.25, -0.2) is 0 Å². The van der Waals surface area contributed by atoms with Gasteiger partial charge in [0.1, 0.15) is 11.3 Å². The number of fused-ring (bicyclic) bond motifs is 1. The molecule has 0 unspecified atom stereocenters. The highest BCUT2D eigenvalue weighted by molar-refractivity contribution is 5.84. The van der Waals surface area contributed by atoms with E-state index in [9.17, 15) is 0 Å². The number of aryl methyl sites for hydroxylation is 2. The van der Waals surface area contributed by atoms with E-state index in [1.54, 1.807) is 0 Å².